The summed E-state index contributed by atoms with van der Waals surface area (Å²) in [5.41, 5.74) is 0. The zero-order valence-corrected chi connectivity index (χ0v) is 17.8. The molecule has 4 heteroatoms. The smallest absolute Gasteiger partial charge is 0.267 e. The second kappa shape index (κ2) is 17.3. The Morgan fingerprint density at radius 3 is 1.12 bits per heavy atom. The minimum absolute atomic E-state index is 0.535. The van der Waals surface area contributed by atoms with Crippen LogP contribution in [0.25, 0.3) is 0 Å². The second-order valence-corrected chi connectivity index (χ2v) is 9.36. The molecule has 152 valence electrons. The van der Waals surface area contributed by atoms with Crippen LogP contribution in [0.4, 0.5) is 0 Å². The van der Waals surface area contributed by atoms with E-state index in [0.717, 1.165) is 25.7 Å². The fourth-order valence-corrected chi connectivity index (χ4v) is 4.38. The molecule has 25 heavy (non-hydrogen) atoms. The van der Waals surface area contributed by atoms with Crippen molar-refractivity contribution in [2.24, 2.45) is 0 Å². The van der Waals surface area contributed by atoms with Crippen LogP contribution in [0.2, 0.25) is 0 Å². The van der Waals surface area contributed by atoms with Crippen LogP contribution in [0.15, 0.2) is 0 Å². The fourth-order valence-electron chi connectivity index (χ4n) is 3.45. The summed E-state index contributed by atoms with van der Waals surface area (Å²) in [6.07, 6.45) is 20.7. The number of hydrogen-bond acceptors (Lipinski definition) is 2. The summed E-state index contributed by atoms with van der Waals surface area (Å²) in [5.74, 6) is 0. The lowest BCUT2D eigenvalue weighted by Gasteiger charge is -2.13. The molecule has 1 unspecified atom stereocenters. The summed E-state index contributed by atoms with van der Waals surface area (Å²) in [7, 11) is -3.87. The molecule has 0 heterocycles. The second-order valence-electron chi connectivity index (χ2n) is 7.66. The van der Waals surface area contributed by atoms with Gasteiger partial charge in [-0.05, 0) is 12.8 Å². The van der Waals surface area contributed by atoms with Crippen molar-refractivity contribution in [3.63, 3.8) is 0 Å². The molecule has 0 aliphatic heterocycles. The largest absolute Gasteiger partial charge is 0.285 e. The summed E-state index contributed by atoms with van der Waals surface area (Å²) < 4.78 is 32.5. The van der Waals surface area contributed by atoms with E-state index < -0.39 is 15.4 Å². The van der Waals surface area contributed by atoms with Gasteiger partial charge in [-0.1, -0.05) is 117 Å². The standard InChI is InChI=1S/C21H44O3S/c1-3-5-7-9-11-12-13-14-16-18-20-21(25(22,23)24)19-17-15-10-8-6-4-2/h21H,3-20H2,1-2H3,(H,22,23,24). The maximum Gasteiger partial charge on any atom is 0.267 e. The lowest BCUT2D eigenvalue weighted by molar-refractivity contribution is 0.442. The first-order valence-corrected chi connectivity index (χ1v) is 12.5. The van der Waals surface area contributed by atoms with Crippen molar-refractivity contribution in [3.8, 4) is 0 Å². The van der Waals surface area contributed by atoms with E-state index in [4.69, 9.17) is 0 Å². The van der Waals surface area contributed by atoms with E-state index in [-0.39, 0.29) is 0 Å². The molecule has 3 nitrogen and oxygen atoms in total. The van der Waals surface area contributed by atoms with Gasteiger partial charge in [-0.2, -0.15) is 8.42 Å². The third-order valence-corrected chi connectivity index (χ3v) is 6.49. The van der Waals surface area contributed by atoms with Gasteiger partial charge in [0.25, 0.3) is 10.1 Å². The Labute approximate surface area is 158 Å². The lowest BCUT2D eigenvalue weighted by atomic mass is 10.0. The summed E-state index contributed by atoms with van der Waals surface area (Å²) in [6, 6.07) is 0. The van der Waals surface area contributed by atoms with Gasteiger partial charge >= 0.3 is 0 Å². The van der Waals surface area contributed by atoms with Crippen LogP contribution in [0, 0.1) is 0 Å². The van der Waals surface area contributed by atoms with Gasteiger partial charge in [0.15, 0.2) is 0 Å². The van der Waals surface area contributed by atoms with Crippen LogP contribution >= 0.6 is 0 Å². The molecule has 0 spiro atoms. The molecule has 1 N–H and O–H groups in total. The van der Waals surface area contributed by atoms with E-state index in [2.05, 4.69) is 13.8 Å². The normalized spacial score (nSPS) is 13.2. The SMILES string of the molecule is CCCCCCCCCCCCC(CCCCCCCC)S(=O)(=O)O. The monoisotopic (exact) mass is 376 g/mol. The van der Waals surface area contributed by atoms with Gasteiger partial charge in [-0.25, -0.2) is 0 Å². The van der Waals surface area contributed by atoms with Crippen molar-refractivity contribution in [1.29, 1.82) is 0 Å². The lowest BCUT2D eigenvalue weighted by Crippen LogP contribution is -2.20. The Morgan fingerprint density at radius 1 is 0.560 bits per heavy atom. The van der Waals surface area contributed by atoms with Crippen LogP contribution in [-0.2, 0) is 10.1 Å². The predicted octanol–water partition coefficient (Wildman–Crippen LogP) is 7.30. The Kier molecular flexibility index (Phi) is 17.3. The average molecular weight is 377 g/mol. The molecule has 0 aliphatic rings. The molecule has 1 atom stereocenters. The van der Waals surface area contributed by atoms with Crippen LogP contribution < -0.4 is 0 Å². The summed E-state index contributed by atoms with van der Waals surface area (Å²) in [5, 5.41) is -0.535. The number of rotatable bonds is 19. The van der Waals surface area contributed by atoms with E-state index in [0.29, 0.717) is 12.8 Å². The van der Waals surface area contributed by atoms with E-state index in [1.165, 1.54) is 77.0 Å². The highest BCUT2D eigenvalue weighted by Crippen LogP contribution is 2.19. The van der Waals surface area contributed by atoms with Gasteiger partial charge in [-0.3, -0.25) is 4.55 Å². The minimum atomic E-state index is -3.87. The molecular formula is C21H44O3S. The van der Waals surface area contributed by atoms with Crippen molar-refractivity contribution >= 4 is 10.1 Å². The molecule has 0 fully saturated rings. The average Bonchev–Trinajstić information content (AvgIpc) is 2.56. The van der Waals surface area contributed by atoms with Gasteiger partial charge in [0.05, 0.1) is 5.25 Å². The van der Waals surface area contributed by atoms with E-state index in [1.807, 2.05) is 0 Å². The zero-order valence-electron chi connectivity index (χ0n) is 17.0. The first-order valence-electron chi connectivity index (χ1n) is 11.0. The van der Waals surface area contributed by atoms with Gasteiger partial charge in [0.2, 0.25) is 0 Å². The van der Waals surface area contributed by atoms with Crippen LogP contribution in [0.1, 0.15) is 129 Å². The van der Waals surface area contributed by atoms with Crippen LogP contribution in [0.3, 0.4) is 0 Å². The van der Waals surface area contributed by atoms with Crippen molar-refractivity contribution in [1.82, 2.24) is 0 Å². The molecule has 0 aromatic heterocycles. The van der Waals surface area contributed by atoms with Crippen LogP contribution in [-0.4, -0.2) is 18.2 Å². The third-order valence-electron chi connectivity index (χ3n) is 5.18. The highest BCUT2D eigenvalue weighted by Gasteiger charge is 2.21. The topological polar surface area (TPSA) is 54.4 Å². The van der Waals surface area contributed by atoms with Gasteiger partial charge in [0, 0.05) is 0 Å². The Morgan fingerprint density at radius 2 is 0.840 bits per heavy atom. The fraction of sp³-hybridized carbons (Fsp3) is 1.00. The molecule has 0 radical (unpaired) electrons. The Balaban J connectivity index is 3.66. The first-order chi connectivity index (χ1) is 12.0. The van der Waals surface area contributed by atoms with Gasteiger partial charge in [-0.15, -0.1) is 0 Å². The maximum atomic E-state index is 11.5. The molecule has 0 aromatic rings. The molecule has 0 amide bonds. The molecule has 0 bridgehead atoms. The van der Waals surface area contributed by atoms with Crippen LogP contribution in [0.5, 0.6) is 0 Å². The minimum Gasteiger partial charge on any atom is -0.285 e. The highest BCUT2D eigenvalue weighted by molar-refractivity contribution is 7.86. The summed E-state index contributed by atoms with van der Waals surface area (Å²) in [6.45, 7) is 4.44. The van der Waals surface area contributed by atoms with Crippen molar-refractivity contribution in [2.75, 3.05) is 0 Å². The molecule has 0 saturated heterocycles. The third kappa shape index (κ3) is 17.1. The van der Waals surface area contributed by atoms with E-state index >= 15 is 0 Å². The van der Waals surface area contributed by atoms with Crippen molar-refractivity contribution in [3.05, 3.63) is 0 Å². The highest BCUT2D eigenvalue weighted by atomic mass is 32.2. The molecule has 0 aliphatic carbocycles. The Bertz CT molecular complexity index is 365. The Hall–Kier alpha value is -0.0900. The molecule has 0 rings (SSSR count). The summed E-state index contributed by atoms with van der Waals surface area (Å²) >= 11 is 0. The molecule has 0 saturated carbocycles. The number of unbranched alkanes of at least 4 members (excludes halogenated alkanes) is 14. The molecule has 0 aromatic carbocycles. The molecular weight excluding hydrogens is 332 g/mol. The quantitative estimate of drug-likeness (QED) is 0.190. The predicted molar refractivity (Wildman–Crippen MR) is 110 cm³/mol. The summed E-state index contributed by atoms with van der Waals surface area (Å²) in [4.78, 5) is 0. The zero-order chi connectivity index (χ0) is 18.8. The van der Waals surface area contributed by atoms with E-state index in [9.17, 15) is 13.0 Å². The van der Waals surface area contributed by atoms with Gasteiger partial charge in [0.1, 0.15) is 0 Å². The van der Waals surface area contributed by atoms with E-state index in [1.54, 1.807) is 0 Å². The first kappa shape index (κ1) is 24.9. The maximum absolute atomic E-state index is 11.5. The van der Waals surface area contributed by atoms with Crippen molar-refractivity contribution in [2.45, 2.75) is 135 Å². The van der Waals surface area contributed by atoms with Gasteiger partial charge < -0.3 is 0 Å². The number of hydrogen-bond donors (Lipinski definition) is 1. The van der Waals surface area contributed by atoms with Crippen molar-refractivity contribution < 1.29 is 13.0 Å².